The Hall–Kier alpha value is -1.92. The zero-order chi connectivity index (χ0) is 15.4. The van der Waals surface area contributed by atoms with Crippen LogP contribution < -0.4 is 0 Å². The molecule has 6 heteroatoms. The summed E-state index contributed by atoms with van der Waals surface area (Å²) in [5.41, 5.74) is 1.48. The van der Waals surface area contributed by atoms with Crippen LogP contribution in [0.3, 0.4) is 0 Å². The van der Waals surface area contributed by atoms with Crippen molar-refractivity contribution in [3.05, 3.63) is 30.0 Å². The molecule has 2 N–H and O–H groups in total. The maximum absolute atomic E-state index is 12.7. The third-order valence-corrected chi connectivity index (χ3v) is 4.09. The van der Waals surface area contributed by atoms with Gasteiger partial charge in [0.1, 0.15) is 0 Å². The summed E-state index contributed by atoms with van der Waals surface area (Å²) < 4.78 is 5.70. The molecule has 6 nitrogen and oxygen atoms in total. The zero-order valence-corrected chi connectivity index (χ0v) is 12.5. The normalized spacial score (nSPS) is 16.3. The molecule has 22 heavy (non-hydrogen) atoms. The van der Waals surface area contributed by atoms with Crippen LogP contribution in [0.1, 0.15) is 29.6 Å². The molecule has 1 fully saturated rings. The van der Waals surface area contributed by atoms with E-state index < -0.39 is 0 Å². The Morgan fingerprint density at radius 1 is 1.41 bits per heavy atom. The van der Waals surface area contributed by atoms with E-state index in [-0.39, 0.29) is 18.6 Å². The number of aromatic amines is 1. The first kappa shape index (κ1) is 15.0. The van der Waals surface area contributed by atoms with Crippen LogP contribution in [-0.4, -0.2) is 58.5 Å². The Morgan fingerprint density at radius 3 is 3.00 bits per heavy atom. The summed E-state index contributed by atoms with van der Waals surface area (Å²) in [7, 11) is 0. The van der Waals surface area contributed by atoms with Gasteiger partial charge in [0, 0.05) is 31.7 Å². The Balaban J connectivity index is 1.61. The standard InChI is InChI=1S/C16H21N3O3/c20-9-2-10-22-13-5-7-19(8-6-13)16(21)14-4-1-3-12-11-17-18-15(12)14/h1,3-4,11,13,20H,2,5-10H2,(H,17,18). The van der Waals surface area contributed by atoms with E-state index in [2.05, 4.69) is 10.2 Å². The number of nitrogens with one attached hydrogen (secondary N) is 1. The number of benzene rings is 1. The van der Waals surface area contributed by atoms with Gasteiger partial charge >= 0.3 is 0 Å². The molecule has 0 spiro atoms. The van der Waals surface area contributed by atoms with E-state index in [1.807, 2.05) is 23.1 Å². The summed E-state index contributed by atoms with van der Waals surface area (Å²) >= 11 is 0. The molecule has 3 rings (SSSR count). The van der Waals surface area contributed by atoms with Gasteiger partial charge < -0.3 is 14.7 Å². The first-order valence-corrected chi connectivity index (χ1v) is 7.73. The molecule has 0 bridgehead atoms. The molecule has 0 atom stereocenters. The van der Waals surface area contributed by atoms with E-state index in [0.29, 0.717) is 31.7 Å². The zero-order valence-electron chi connectivity index (χ0n) is 12.5. The van der Waals surface area contributed by atoms with Crippen LogP contribution >= 0.6 is 0 Å². The second-order valence-electron chi connectivity index (χ2n) is 5.58. The number of nitrogens with zero attached hydrogens (tertiary/aromatic N) is 2. The molecule has 1 saturated heterocycles. The molecular weight excluding hydrogens is 282 g/mol. The van der Waals surface area contributed by atoms with E-state index >= 15 is 0 Å². The maximum atomic E-state index is 12.7. The molecular formula is C16H21N3O3. The number of hydrogen-bond donors (Lipinski definition) is 2. The lowest BCUT2D eigenvalue weighted by Gasteiger charge is -2.32. The van der Waals surface area contributed by atoms with Gasteiger partial charge in [-0.3, -0.25) is 9.89 Å². The van der Waals surface area contributed by atoms with Crippen molar-refractivity contribution < 1.29 is 14.6 Å². The number of aliphatic hydroxyl groups excluding tert-OH is 1. The van der Waals surface area contributed by atoms with Crippen molar-refractivity contribution in [2.75, 3.05) is 26.3 Å². The highest BCUT2D eigenvalue weighted by atomic mass is 16.5. The number of aliphatic hydroxyl groups is 1. The van der Waals surface area contributed by atoms with Crippen molar-refractivity contribution in [1.82, 2.24) is 15.1 Å². The van der Waals surface area contributed by atoms with Crippen LogP contribution in [-0.2, 0) is 4.74 Å². The fourth-order valence-electron chi connectivity index (χ4n) is 2.86. The number of hydrogen-bond acceptors (Lipinski definition) is 4. The summed E-state index contributed by atoms with van der Waals surface area (Å²) in [6.45, 7) is 2.15. The topological polar surface area (TPSA) is 78.5 Å². The number of rotatable bonds is 5. The van der Waals surface area contributed by atoms with Crippen molar-refractivity contribution in [3.8, 4) is 0 Å². The van der Waals surface area contributed by atoms with Crippen molar-refractivity contribution in [2.24, 2.45) is 0 Å². The minimum Gasteiger partial charge on any atom is -0.396 e. The molecule has 0 saturated carbocycles. The molecule has 1 amide bonds. The third-order valence-electron chi connectivity index (χ3n) is 4.09. The number of likely N-dealkylation sites (tertiary alicyclic amines) is 1. The molecule has 1 aromatic heterocycles. The molecule has 2 aromatic rings. The molecule has 118 valence electrons. The average Bonchev–Trinajstić information content (AvgIpc) is 3.04. The number of carbonyl (C=O) groups excluding carboxylic acids is 1. The predicted octanol–water partition coefficient (Wildman–Crippen LogP) is 1.57. The minimum atomic E-state index is 0.0451. The van der Waals surface area contributed by atoms with Crippen molar-refractivity contribution in [3.63, 3.8) is 0 Å². The summed E-state index contributed by atoms with van der Waals surface area (Å²) in [6, 6.07) is 5.67. The Morgan fingerprint density at radius 2 is 2.23 bits per heavy atom. The van der Waals surface area contributed by atoms with Crippen LogP contribution in [0.4, 0.5) is 0 Å². The second-order valence-corrected chi connectivity index (χ2v) is 5.58. The van der Waals surface area contributed by atoms with Gasteiger partial charge in [-0.1, -0.05) is 12.1 Å². The molecule has 0 radical (unpaired) electrons. The summed E-state index contributed by atoms with van der Waals surface area (Å²) in [4.78, 5) is 14.6. The van der Waals surface area contributed by atoms with Gasteiger partial charge in [-0.25, -0.2) is 0 Å². The summed E-state index contributed by atoms with van der Waals surface area (Å²) in [5, 5.41) is 16.6. The number of piperidine rings is 1. The summed E-state index contributed by atoms with van der Waals surface area (Å²) in [5.74, 6) is 0.0451. The van der Waals surface area contributed by atoms with Gasteiger partial charge in [0.05, 0.1) is 23.4 Å². The average molecular weight is 303 g/mol. The van der Waals surface area contributed by atoms with E-state index in [4.69, 9.17) is 9.84 Å². The fraction of sp³-hybridized carbons (Fsp3) is 0.500. The fourth-order valence-corrected chi connectivity index (χ4v) is 2.86. The number of amides is 1. The molecule has 0 unspecified atom stereocenters. The lowest BCUT2D eigenvalue weighted by molar-refractivity contribution is 0.00402. The lowest BCUT2D eigenvalue weighted by atomic mass is 10.1. The number of fused-ring (bicyclic) bond motifs is 1. The summed E-state index contributed by atoms with van der Waals surface area (Å²) in [6.07, 6.45) is 4.28. The van der Waals surface area contributed by atoms with E-state index in [9.17, 15) is 4.79 Å². The van der Waals surface area contributed by atoms with Crippen LogP contribution in [0.25, 0.3) is 10.9 Å². The minimum absolute atomic E-state index is 0.0451. The third kappa shape index (κ3) is 3.13. The van der Waals surface area contributed by atoms with Crippen molar-refractivity contribution in [2.45, 2.75) is 25.4 Å². The molecule has 1 aliphatic rings. The van der Waals surface area contributed by atoms with E-state index in [1.54, 1.807) is 6.20 Å². The number of ether oxygens (including phenoxy) is 1. The Bertz CT molecular complexity index is 632. The largest absolute Gasteiger partial charge is 0.396 e. The Labute approximate surface area is 129 Å². The number of para-hydroxylation sites is 1. The van der Waals surface area contributed by atoms with Crippen LogP contribution in [0.15, 0.2) is 24.4 Å². The van der Waals surface area contributed by atoms with Gasteiger partial charge in [-0.05, 0) is 25.3 Å². The van der Waals surface area contributed by atoms with Crippen LogP contribution in [0, 0.1) is 0 Å². The molecule has 1 aliphatic heterocycles. The SMILES string of the molecule is O=C(c1cccc2cn[nH]c12)N1CCC(OCCCO)CC1. The highest BCUT2D eigenvalue weighted by Gasteiger charge is 2.25. The predicted molar refractivity (Wildman–Crippen MR) is 82.7 cm³/mol. The van der Waals surface area contributed by atoms with Gasteiger partial charge in [0.15, 0.2) is 0 Å². The number of carbonyl (C=O) groups is 1. The van der Waals surface area contributed by atoms with Gasteiger partial charge in [-0.2, -0.15) is 5.10 Å². The highest BCUT2D eigenvalue weighted by molar-refractivity contribution is 6.05. The van der Waals surface area contributed by atoms with Crippen LogP contribution in [0.5, 0.6) is 0 Å². The first-order valence-electron chi connectivity index (χ1n) is 7.73. The van der Waals surface area contributed by atoms with E-state index in [0.717, 1.165) is 23.7 Å². The first-order chi connectivity index (χ1) is 10.8. The lowest BCUT2D eigenvalue weighted by Crippen LogP contribution is -2.41. The van der Waals surface area contributed by atoms with Crippen LogP contribution in [0.2, 0.25) is 0 Å². The van der Waals surface area contributed by atoms with Crippen molar-refractivity contribution in [1.29, 1.82) is 0 Å². The van der Waals surface area contributed by atoms with Gasteiger partial charge in [0.2, 0.25) is 0 Å². The highest BCUT2D eigenvalue weighted by Crippen LogP contribution is 2.21. The molecule has 2 heterocycles. The van der Waals surface area contributed by atoms with Gasteiger partial charge in [0.25, 0.3) is 5.91 Å². The number of aromatic nitrogens is 2. The molecule has 1 aromatic carbocycles. The maximum Gasteiger partial charge on any atom is 0.256 e. The monoisotopic (exact) mass is 303 g/mol. The van der Waals surface area contributed by atoms with E-state index in [1.165, 1.54) is 0 Å². The van der Waals surface area contributed by atoms with Gasteiger partial charge in [-0.15, -0.1) is 0 Å². The Kier molecular flexibility index (Phi) is 4.70. The second kappa shape index (κ2) is 6.89. The quantitative estimate of drug-likeness (QED) is 0.822. The number of H-pyrrole nitrogens is 1. The van der Waals surface area contributed by atoms with Crippen molar-refractivity contribution >= 4 is 16.8 Å². The smallest absolute Gasteiger partial charge is 0.256 e. The molecule has 0 aliphatic carbocycles.